The SMILES string of the molecule is COC(CCn1ccc(=O)[nH]c1=O)COP1OCc2ccccc2CO1. The molecule has 8 nitrogen and oxygen atoms in total. The third kappa shape index (κ3) is 5.09. The second kappa shape index (κ2) is 9.21. The number of aromatic amines is 1. The number of H-pyrrole nitrogens is 1. The largest absolute Gasteiger partial charge is 0.379 e. The Labute approximate surface area is 151 Å². The average molecular weight is 380 g/mol. The molecule has 0 bridgehead atoms. The lowest BCUT2D eigenvalue weighted by atomic mass is 10.1. The van der Waals surface area contributed by atoms with Crippen molar-refractivity contribution in [1.82, 2.24) is 9.55 Å². The lowest BCUT2D eigenvalue weighted by molar-refractivity contribution is 0.0366. The molecule has 1 aliphatic rings. The predicted molar refractivity (Wildman–Crippen MR) is 95.6 cm³/mol. The summed E-state index contributed by atoms with van der Waals surface area (Å²) < 4.78 is 23.9. The number of rotatable bonds is 7. The van der Waals surface area contributed by atoms with Gasteiger partial charge in [0, 0.05) is 25.9 Å². The van der Waals surface area contributed by atoms with Crippen LogP contribution in [0.3, 0.4) is 0 Å². The van der Waals surface area contributed by atoms with Gasteiger partial charge in [0.2, 0.25) is 0 Å². The predicted octanol–water partition coefficient (Wildman–Crippen LogP) is 1.93. The Morgan fingerprint density at radius 3 is 2.50 bits per heavy atom. The summed E-state index contributed by atoms with van der Waals surface area (Å²) in [6, 6.07) is 9.27. The van der Waals surface area contributed by atoms with E-state index in [-0.39, 0.29) is 12.7 Å². The van der Waals surface area contributed by atoms with Gasteiger partial charge < -0.3 is 22.9 Å². The van der Waals surface area contributed by atoms with Crippen LogP contribution in [0.2, 0.25) is 0 Å². The van der Waals surface area contributed by atoms with Crippen molar-refractivity contribution >= 4 is 8.60 Å². The lowest BCUT2D eigenvalue weighted by Gasteiger charge is -2.19. The maximum atomic E-state index is 11.7. The summed E-state index contributed by atoms with van der Waals surface area (Å²) in [4.78, 5) is 25.0. The zero-order valence-corrected chi connectivity index (χ0v) is 15.3. The van der Waals surface area contributed by atoms with E-state index in [2.05, 4.69) is 4.98 Å². The van der Waals surface area contributed by atoms with Gasteiger partial charge in [-0.3, -0.25) is 9.78 Å². The quantitative estimate of drug-likeness (QED) is 0.738. The fourth-order valence-corrected chi connectivity index (χ4v) is 3.51. The number of fused-ring (bicyclic) bond motifs is 1. The smallest absolute Gasteiger partial charge is 0.333 e. The highest BCUT2D eigenvalue weighted by atomic mass is 31.2. The first-order valence-corrected chi connectivity index (χ1v) is 9.33. The molecule has 9 heteroatoms. The Hall–Kier alpha value is -1.83. The number of ether oxygens (including phenoxy) is 1. The fraction of sp³-hybridized carbons (Fsp3) is 0.412. The number of aromatic nitrogens is 2. The molecule has 140 valence electrons. The van der Waals surface area contributed by atoms with Crippen molar-refractivity contribution in [1.29, 1.82) is 0 Å². The summed E-state index contributed by atoms with van der Waals surface area (Å²) in [5, 5.41) is 0. The van der Waals surface area contributed by atoms with E-state index in [9.17, 15) is 9.59 Å². The molecule has 0 saturated carbocycles. The molecule has 0 fully saturated rings. The topological polar surface area (TPSA) is 91.8 Å². The van der Waals surface area contributed by atoms with Crippen molar-refractivity contribution in [2.45, 2.75) is 32.3 Å². The summed E-state index contributed by atoms with van der Waals surface area (Å²) in [6.07, 6.45) is 1.79. The Morgan fingerprint density at radius 1 is 1.19 bits per heavy atom. The summed E-state index contributed by atoms with van der Waals surface area (Å²) in [5.41, 5.74) is 1.35. The van der Waals surface area contributed by atoms with Crippen LogP contribution in [0.25, 0.3) is 0 Å². The highest BCUT2D eigenvalue weighted by Gasteiger charge is 2.21. The van der Waals surface area contributed by atoms with Gasteiger partial charge >= 0.3 is 14.3 Å². The van der Waals surface area contributed by atoms with Crippen molar-refractivity contribution in [3.63, 3.8) is 0 Å². The molecule has 1 atom stereocenters. The standard InChI is InChI=1S/C17H21N2O6P/c1-22-15(6-8-19-9-7-16(20)18-17(19)21)12-25-26-23-10-13-4-2-3-5-14(13)11-24-26/h2-5,7,9,15H,6,8,10-12H2,1H3,(H,18,20,21). The molecule has 1 aromatic carbocycles. The summed E-state index contributed by atoms with van der Waals surface area (Å²) in [7, 11) is 0.130. The minimum atomic E-state index is -1.45. The normalized spacial score (nSPS) is 16.0. The molecular weight excluding hydrogens is 359 g/mol. The van der Waals surface area contributed by atoms with E-state index >= 15 is 0 Å². The Bertz CT molecular complexity index is 809. The van der Waals surface area contributed by atoms with E-state index in [4.69, 9.17) is 18.3 Å². The van der Waals surface area contributed by atoms with Crippen LogP contribution in [-0.2, 0) is 38.1 Å². The number of nitrogens with one attached hydrogen (secondary N) is 1. The van der Waals surface area contributed by atoms with Crippen LogP contribution in [0, 0.1) is 0 Å². The molecule has 0 saturated heterocycles. The monoisotopic (exact) mass is 380 g/mol. The molecule has 1 N–H and O–H groups in total. The maximum Gasteiger partial charge on any atom is 0.333 e. The first kappa shape index (κ1) is 18.9. The lowest BCUT2D eigenvalue weighted by Crippen LogP contribution is -2.30. The van der Waals surface area contributed by atoms with Crippen molar-refractivity contribution in [3.05, 3.63) is 68.5 Å². The van der Waals surface area contributed by atoms with Gasteiger partial charge in [-0.15, -0.1) is 0 Å². The van der Waals surface area contributed by atoms with E-state index in [0.29, 0.717) is 26.2 Å². The molecule has 0 aliphatic carbocycles. The second-order valence-electron chi connectivity index (χ2n) is 5.78. The molecule has 0 amide bonds. The summed E-state index contributed by atoms with van der Waals surface area (Å²) in [6.45, 7) is 1.60. The number of nitrogens with zero attached hydrogens (tertiary/aromatic N) is 1. The molecule has 3 rings (SSSR count). The van der Waals surface area contributed by atoms with Crippen LogP contribution < -0.4 is 11.2 Å². The third-order valence-electron chi connectivity index (χ3n) is 4.06. The van der Waals surface area contributed by atoms with E-state index in [0.717, 1.165) is 11.1 Å². The minimum absolute atomic E-state index is 0.228. The number of benzene rings is 1. The van der Waals surface area contributed by atoms with Gasteiger partial charge in [0.05, 0.1) is 25.9 Å². The first-order valence-electron chi connectivity index (χ1n) is 8.24. The number of methoxy groups -OCH3 is 1. The van der Waals surface area contributed by atoms with Crippen LogP contribution in [0.4, 0.5) is 0 Å². The van der Waals surface area contributed by atoms with Gasteiger partial charge in [-0.05, 0) is 17.5 Å². The molecule has 0 spiro atoms. The molecule has 1 aliphatic heterocycles. The van der Waals surface area contributed by atoms with Gasteiger partial charge in [-0.1, -0.05) is 24.3 Å². The zero-order chi connectivity index (χ0) is 18.4. The molecular formula is C17H21N2O6P. The highest BCUT2D eigenvalue weighted by Crippen LogP contribution is 2.44. The van der Waals surface area contributed by atoms with Crippen molar-refractivity contribution in [3.8, 4) is 0 Å². The van der Waals surface area contributed by atoms with Gasteiger partial charge in [0.25, 0.3) is 5.56 Å². The summed E-state index contributed by atoms with van der Waals surface area (Å²) in [5.74, 6) is 0. The van der Waals surface area contributed by atoms with Gasteiger partial charge in [0.1, 0.15) is 0 Å². The highest BCUT2D eigenvalue weighted by molar-refractivity contribution is 7.41. The number of hydrogen-bond acceptors (Lipinski definition) is 6. The second-order valence-corrected chi connectivity index (χ2v) is 7.01. The van der Waals surface area contributed by atoms with E-state index < -0.39 is 19.9 Å². The molecule has 26 heavy (non-hydrogen) atoms. The van der Waals surface area contributed by atoms with Crippen LogP contribution in [0.1, 0.15) is 17.5 Å². The Kier molecular flexibility index (Phi) is 6.71. The van der Waals surface area contributed by atoms with Crippen molar-refractivity contribution in [2.24, 2.45) is 0 Å². The van der Waals surface area contributed by atoms with Crippen LogP contribution in [-0.4, -0.2) is 29.4 Å². The van der Waals surface area contributed by atoms with E-state index in [1.165, 1.54) is 16.8 Å². The third-order valence-corrected chi connectivity index (χ3v) is 5.10. The van der Waals surface area contributed by atoms with Crippen molar-refractivity contribution in [2.75, 3.05) is 13.7 Å². The van der Waals surface area contributed by atoms with Crippen LogP contribution in [0.5, 0.6) is 0 Å². The Balaban J connectivity index is 1.48. The van der Waals surface area contributed by atoms with Gasteiger partial charge in [-0.2, -0.15) is 0 Å². The summed E-state index contributed by atoms with van der Waals surface area (Å²) >= 11 is 0. The van der Waals surface area contributed by atoms with Crippen molar-refractivity contribution < 1.29 is 18.3 Å². The average Bonchev–Trinajstić information content (AvgIpc) is 2.86. The molecule has 0 radical (unpaired) electrons. The first-order chi connectivity index (χ1) is 12.7. The van der Waals surface area contributed by atoms with Gasteiger partial charge in [-0.25, -0.2) is 4.79 Å². The minimum Gasteiger partial charge on any atom is -0.379 e. The van der Waals surface area contributed by atoms with Gasteiger partial charge in [0.15, 0.2) is 0 Å². The van der Waals surface area contributed by atoms with Crippen LogP contribution >= 0.6 is 8.60 Å². The number of aryl methyl sites for hydroxylation is 1. The fourth-order valence-electron chi connectivity index (χ4n) is 2.51. The molecule has 2 aromatic rings. The van der Waals surface area contributed by atoms with E-state index in [1.54, 1.807) is 7.11 Å². The molecule has 1 unspecified atom stereocenters. The van der Waals surface area contributed by atoms with E-state index in [1.807, 2.05) is 24.3 Å². The molecule has 2 heterocycles. The molecule has 1 aromatic heterocycles. The van der Waals surface area contributed by atoms with Crippen LogP contribution in [0.15, 0.2) is 46.1 Å². The number of hydrogen-bond donors (Lipinski definition) is 1. The maximum absolute atomic E-state index is 11.7. The zero-order valence-electron chi connectivity index (χ0n) is 14.4. The Morgan fingerprint density at radius 2 is 1.88 bits per heavy atom.